The highest BCUT2D eigenvalue weighted by atomic mass is 16.2. The smallest absolute Gasteiger partial charge is 0.227 e. The van der Waals surface area contributed by atoms with Crippen LogP contribution in [0.4, 0.5) is 11.4 Å². The molecule has 0 heterocycles. The molecule has 3 rings (SSSR count). The number of rotatable bonds is 4. The molecule has 19 heavy (non-hydrogen) atoms. The molecule has 0 radical (unpaired) electrons. The van der Waals surface area contributed by atoms with Gasteiger partial charge in [0.05, 0.1) is 0 Å². The average Bonchev–Trinajstić information content (AvgIpc) is 3.23. The summed E-state index contributed by atoms with van der Waals surface area (Å²) in [6.45, 7) is 2.08. The quantitative estimate of drug-likeness (QED) is 0.872. The molecule has 0 saturated heterocycles. The van der Waals surface area contributed by atoms with E-state index in [2.05, 4.69) is 17.6 Å². The summed E-state index contributed by atoms with van der Waals surface area (Å²) in [4.78, 5) is 23.5. The highest BCUT2D eigenvalue weighted by Crippen LogP contribution is 2.38. The normalized spacial score (nSPS) is 24.7. The third-order valence-corrected chi connectivity index (χ3v) is 3.79. The van der Waals surface area contributed by atoms with Crippen molar-refractivity contribution in [2.24, 2.45) is 17.8 Å². The molecule has 0 aromatic heterocycles. The Bertz CT molecular complexity index is 523. The monoisotopic (exact) mass is 258 g/mol. The van der Waals surface area contributed by atoms with Crippen molar-refractivity contribution < 1.29 is 9.59 Å². The van der Waals surface area contributed by atoms with Gasteiger partial charge in [0.1, 0.15) is 0 Å². The molecule has 2 aliphatic carbocycles. The van der Waals surface area contributed by atoms with Crippen LogP contribution in [0.25, 0.3) is 0 Å². The summed E-state index contributed by atoms with van der Waals surface area (Å²) in [6.07, 6.45) is 2.95. The Morgan fingerprint density at radius 3 is 2.21 bits per heavy atom. The first kappa shape index (κ1) is 12.2. The van der Waals surface area contributed by atoms with Gasteiger partial charge in [-0.1, -0.05) is 13.0 Å². The van der Waals surface area contributed by atoms with Gasteiger partial charge in [-0.05, 0) is 43.4 Å². The minimum absolute atomic E-state index is 0.0816. The van der Waals surface area contributed by atoms with Crippen molar-refractivity contribution in [2.75, 3.05) is 10.6 Å². The van der Waals surface area contributed by atoms with Crippen molar-refractivity contribution in [1.82, 2.24) is 0 Å². The molecule has 0 aliphatic heterocycles. The lowest BCUT2D eigenvalue weighted by molar-refractivity contribution is -0.118. The van der Waals surface area contributed by atoms with E-state index >= 15 is 0 Å². The van der Waals surface area contributed by atoms with Gasteiger partial charge in [-0.15, -0.1) is 0 Å². The lowest BCUT2D eigenvalue weighted by atomic mass is 10.2. The zero-order chi connectivity index (χ0) is 13.4. The number of hydrogen-bond donors (Lipinski definition) is 2. The van der Waals surface area contributed by atoms with Crippen LogP contribution in [0.5, 0.6) is 0 Å². The number of benzene rings is 1. The Hall–Kier alpha value is -1.84. The molecule has 0 unspecified atom stereocenters. The highest BCUT2D eigenvalue weighted by molar-refractivity contribution is 5.97. The maximum absolute atomic E-state index is 11.8. The van der Waals surface area contributed by atoms with Crippen LogP contribution in [0.2, 0.25) is 0 Å². The lowest BCUT2D eigenvalue weighted by Crippen LogP contribution is -2.16. The van der Waals surface area contributed by atoms with Gasteiger partial charge in [0.2, 0.25) is 11.8 Å². The van der Waals surface area contributed by atoms with Gasteiger partial charge in [-0.2, -0.15) is 0 Å². The number of amides is 2. The Balaban J connectivity index is 1.62. The zero-order valence-electron chi connectivity index (χ0n) is 11.0. The molecule has 2 fully saturated rings. The van der Waals surface area contributed by atoms with Crippen LogP contribution >= 0.6 is 0 Å². The molecular formula is C15H18N2O2. The highest BCUT2D eigenvalue weighted by Gasteiger charge is 2.39. The van der Waals surface area contributed by atoms with Gasteiger partial charge >= 0.3 is 0 Å². The van der Waals surface area contributed by atoms with E-state index in [-0.39, 0.29) is 23.7 Å². The second-order valence-electron chi connectivity index (χ2n) is 5.65. The van der Waals surface area contributed by atoms with Crippen molar-refractivity contribution in [3.63, 3.8) is 0 Å². The van der Waals surface area contributed by atoms with Crippen molar-refractivity contribution >= 4 is 23.2 Å². The Morgan fingerprint density at radius 1 is 1.11 bits per heavy atom. The molecule has 1 aromatic rings. The molecule has 4 nitrogen and oxygen atoms in total. The van der Waals surface area contributed by atoms with Gasteiger partial charge in [0, 0.05) is 23.2 Å². The lowest BCUT2D eigenvalue weighted by Gasteiger charge is -2.08. The summed E-state index contributed by atoms with van der Waals surface area (Å²) < 4.78 is 0. The van der Waals surface area contributed by atoms with Crippen molar-refractivity contribution in [2.45, 2.75) is 26.2 Å². The standard InChI is InChI=1S/C15H18N2O2/c1-9-7-13(9)15(19)17-12-4-2-3-11(8-12)16-14(18)10-5-6-10/h2-4,8-10,13H,5-7H2,1H3,(H,16,18)(H,17,19)/t9-,13-/m0/s1. The van der Waals surface area contributed by atoms with Gasteiger partial charge in [-0.3, -0.25) is 9.59 Å². The van der Waals surface area contributed by atoms with E-state index in [4.69, 9.17) is 0 Å². The van der Waals surface area contributed by atoms with Crippen LogP contribution in [-0.4, -0.2) is 11.8 Å². The summed E-state index contributed by atoms with van der Waals surface area (Å²) in [6, 6.07) is 7.34. The van der Waals surface area contributed by atoms with Crippen LogP contribution in [0.1, 0.15) is 26.2 Å². The molecule has 2 saturated carbocycles. The molecule has 2 amide bonds. The first-order chi connectivity index (χ1) is 9.13. The first-order valence-corrected chi connectivity index (χ1v) is 6.85. The van der Waals surface area contributed by atoms with Gasteiger partial charge in [-0.25, -0.2) is 0 Å². The van der Waals surface area contributed by atoms with Crippen LogP contribution in [0.15, 0.2) is 24.3 Å². The van der Waals surface area contributed by atoms with E-state index in [1.165, 1.54) is 0 Å². The van der Waals surface area contributed by atoms with Crippen LogP contribution in [0.3, 0.4) is 0 Å². The minimum Gasteiger partial charge on any atom is -0.326 e. The van der Waals surface area contributed by atoms with E-state index in [0.29, 0.717) is 5.92 Å². The molecule has 2 aliphatic rings. The molecule has 4 heteroatoms. The summed E-state index contributed by atoms with van der Waals surface area (Å²) >= 11 is 0. The molecule has 0 bridgehead atoms. The first-order valence-electron chi connectivity index (χ1n) is 6.85. The van der Waals surface area contributed by atoms with Gasteiger partial charge < -0.3 is 10.6 Å². The van der Waals surface area contributed by atoms with Crippen molar-refractivity contribution in [1.29, 1.82) is 0 Å². The number of hydrogen-bond acceptors (Lipinski definition) is 2. The second kappa shape index (κ2) is 4.68. The maximum atomic E-state index is 11.8. The molecular weight excluding hydrogens is 240 g/mol. The SMILES string of the molecule is C[C@H]1C[C@@H]1C(=O)Nc1cccc(NC(=O)C2CC2)c1. The molecule has 2 atom stereocenters. The topological polar surface area (TPSA) is 58.2 Å². The average molecular weight is 258 g/mol. The predicted molar refractivity (Wildman–Crippen MR) is 73.7 cm³/mol. The van der Waals surface area contributed by atoms with Crippen molar-refractivity contribution in [3.8, 4) is 0 Å². The van der Waals surface area contributed by atoms with Gasteiger partial charge in [0.25, 0.3) is 0 Å². The fraction of sp³-hybridized carbons (Fsp3) is 0.467. The van der Waals surface area contributed by atoms with Crippen LogP contribution in [0, 0.1) is 17.8 Å². The molecule has 1 aromatic carbocycles. The molecule has 2 N–H and O–H groups in total. The van der Waals surface area contributed by atoms with E-state index in [9.17, 15) is 9.59 Å². The summed E-state index contributed by atoms with van der Waals surface area (Å²) in [5.41, 5.74) is 1.50. The second-order valence-corrected chi connectivity index (χ2v) is 5.65. The number of carbonyl (C=O) groups excluding carboxylic acids is 2. The number of carbonyl (C=O) groups is 2. The third kappa shape index (κ3) is 2.95. The maximum Gasteiger partial charge on any atom is 0.227 e. The fourth-order valence-corrected chi connectivity index (χ4v) is 2.19. The largest absolute Gasteiger partial charge is 0.326 e. The fourth-order valence-electron chi connectivity index (χ4n) is 2.19. The summed E-state index contributed by atoms with van der Waals surface area (Å²) in [7, 11) is 0. The Morgan fingerprint density at radius 2 is 1.68 bits per heavy atom. The Kier molecular flexibility index (Phi) is 3.01. The molecule has 0 spiro atoms. The van der Waals surface area contributed by atoms with E-state index in [1.54, 1.807) is 0 Å². The third-order valence-electron chi connectivity index (χ3n) is 3.79. The minimum atomic E-state index is 0.0816. The summed E-state index contributed by atoms with van der Waals surface area (Å²) in [5.74, 6) is 1.01. The Labute approximate surface area is 112 Å². The van der Waals surface area contributed by atoms with Gasteiger partial charge in [0.15, 0.2) is 0 Å². The van der Waals surface area contributed by atoms with Crippen molar-refractivity contribution in [3.05, 3.63) is 24.3 Å². The van der Waals surface area contributed by atoms with E-state index < -0.39 is 0 Å². The van der Waals surface area contributed by atoms with E-state index in [0.717, 1.165) is 30.6 Å². The summed E-state index contributed by atoms with van der Waals surface area (Å²) in [5, 5.41) is 5.78. The molecule has 100 valence electrons. The predicted octanol–water partition coefficient (Wildman–Crippen LogP) is 2.63. The van der Waals surface area contributed by atoms with E-state index in [1.807, 2.05) is 24.3 Å². The van der Waals surface area contributed by atoms with Crippen LogP contribution < -0.4 is 10.6 Å². The van der Waals surface area contributed by atoms with Crippen LogP contribution in [-0.2, 0) is 9.59 Å². The number of anilines is 2. The zero-order valence-corrected chi connectivity index (χ0v) is 11.0. The number of nitrogens with one attached hydrogen (secondary N) is 2.